The van der Waals surface area contributed by atoms with Gasteiger partial charge in [-0.3, -0.25) is 4.90 Å². The summed E-state index contributed by atoms with van der Waals surface area (Å²) in [5, 5.41) is 6.29. The Morgan fingerprint density at radius 3 is 2.57 bits per heavy atom. The van der Waals surface area contributed by atoms with E-state index < -0.39 is 11.6 Å². The number of nitrogens with one attached hydrogen (secondary N) is 2. The van der Waals surface area contributed by atoms with Gasteiger partial charge >= 0.3 is 0 Å². The molecule has 0 unspecified atom stereocenters. The van der Waals surface area contributed by atoms with Gasteiger partial charge in [-0.1, -0.05) is 0 Å². The van der Waals surface area contributed by atoms with Crippen molar-refractivity contribution < 1.29 is 8.78 Å². The summed E-state index contributed by atoms with van der Waals surface area (Å²) in [6.45, 7) is 9.82. The molecular formula is C27H32F2N8. The van der Waals surface area contributed by atoms with E-state index in [0.717, 1.165) is 37.9 Å². The van der Waals surface area contributed by atoms with E-state index in [1.54, 1.807) is 24.5 Å². The summed E-state index contributed by atoms with van der Waals surface area (Å²) < 4.78 is 31.7. The van der Waals surface area contributed by atoms with E-state index in [9.17, 15) is 8.78 Å². The van der Waals surface area contributed by atoms with Crippen LogP contribution in [0.5, 0.6) is 0 Å². The Bertz CT molecular complexity index is 1400. The van der Waals surface area contributed by atoms with Crippen molar-refractivity contribution >= 4 is 22.8 Å². The van der Waals surface area contributed by atoms with Crippen LogP contribution in [0.1, 0.15) is 37.7 Å². The number of halogens is 2. The average Bonchev–Trinajstić information content (AvgIpc) is 3.45. The fourth-order valence-corrected chi connectivity index (χ4v) is 5.19. The Hall–Kier alpha value is -3.50. The minimum absolute atomic E-state index is 0.0829. The van der Waals surface area contributed by atoms with Crippen LogP contribution >= 0.6 is 0 Å². The maximum atomic E-state index is 15.0. The highest BCUT2D eigenvalue weighted by molar-refractivity contribution is 5.84. The van der Waals surface area contributed by atoms with Crippen molar-refractivity contribution in [2.45, 2.75) is 39.8 Å². The number of aryl methyl sites for hydroxylation is 1. The summed E-state index contributed by atoms with van der Waals surface area (Å²) in [7, 11) is 1.99. The summed E-state index contributed by atoms with van der Waals surface area (Å²) in [4.78, 5) is 19.7. The van der Waals surface area contributed by atoms with Gasteiger partial charge in [0, 0.05) is 42.7 Å². The molecule has 0 aliphatic carbocycles. The zero-order valence-electron chi connectivity index (χ0n) is 21.6. The first-order chi connectivity index (χ1) is 17.8. The second kappa shape index (κ2) is 10.5. The summed E-state index contributed by atoms with van der Waals surface area (Å²) in [6.07, 6.45) is 5.90. The van der Waals surface area contributed by atoms with E-state index in [0.29, 0.717) is 34.6 Å². The molecule has 3 aromatic heterocycles. The van der Waals surface area contributed by atoms with Crippen molar-refractivity contribution in [3.63, 3.8) is 0 Å². The van der Waals surface area contributed by atoms with Gasteiger partial charge in [-0.25, -0.2) is 28.7 Å². The smallest absolute Gasteiger partial charge is 0.228 e. The first kappa shape index (κ1) is 25.2. The van der Waals surface area contributed by atoms with Crippen LogP contribution in [0.2, 0.25) is 0 Å². The largest absolute Gasteiger partial charge is 0.326 e. The highest BCUT2D eigenvalue weighted by Crippen LogP contribution is 2.32. The van der Waals surface area contributed by atoms with Gasteiger partial charge in [-0.2, -0.15) is 0 Å². The van der Waals surface area contributed by atoms with Crippen molar-refractivity contribution in [2.24, 2.45) is 5.92 Å². The first-order valence-electron chi connectivity index (χ1n) is 12.6. The number of likely N-dealkylation sites (tertiary alicyclic amines) is 1. The second-order valence-electron chi connectivity index (χ2n) is 9.99. The predicted molar refractivity (Wildman–Crippen MR) is 141 cm³/mol. The molecule has 1 atom stereocenters. The number of rotatable bonds is 8. The van der Waals surface area contributed by atoms with Gasteiger partial charge in [0.2, 0.25) is 5.95 Å². The zero-order valence-corrected chi connectivity index (χ0v) is 21.6. The quantitative estimate of drug-likeness (QED) is 0.354. The molecule has 1 aliphatic heterocycles. The summed E-state index contributed by atoms with van der Waals surface area (Å²) >= 11 is 0. The molecular weight excluding hydrogens is 474 g/mol. The van der Waals surface area contributed by atoms with Crippen LogP contribution in [0, 0.1) is 24.5 Å². The molecule has 1 saturated heterocycles. The van der Waals surface area contributed by atoms with Gasteiger partial charge in [0.05, 0.1) is 11.7 Å². The van der Waals surface area contributed by atoms with Crippen LogP contribution in [0.25, 0.3) is 22.2 Å². The topological polar surface area (TPSA) is 83.8 Å². The molecule has 37 heavy (non-hydrogen) atoms. The lowest BCUT2D eigenvalue weighted by molar-refractivity contribution is 0.315. The predicted octanol–water partition coefficient (Wildman–Crippen LogP) is 4.84. The van der Waals surface area contributed by atoms with Gasteiger partial charge in [0.25, 0.3) is 0 Å². The number of anilines is 2. The molecule has 1 aromatic carbocycles. The molecule has 0 saturated carbocycles. The van der Waals surface area contributed by atoms with Crippen LogP contribution in [0.3, 0.4) is 0 Å². The third kappa shape index (κ3) is 5.30. The molecule has 194 valence electrons. The normalized spacial score (nSPS) is 16.2. The molecule has 1 fully saturated rings. The van der Waals surface area contributed by atoms with Crippen LogP contribution in [-0.4, -0.2) is 56.1 Å². The summed E-state index contributed by atoms with van der Waals surface area (Å²) in [5.41, 5.74) is 2.58. The summed E-state index contributed by atoms with van der Waals surface area (Å²) in [6, 6.07) is 4.71. The van der Waals surface area contributed by atoms with E-state index >= 15 is 0 Å². The van der Waals surface area contributed by atoms with Crippen molar-refractivity contribution in [1.82, 2.24) is 34.7 Å². The number of imidazole rings is 1. The van der Waals surface area contributed by atoms with Crippen LogP contribution in [-0.2, 0) is 6.54 Å². The highest BCUT2D eigenvalue weighted by Gasteiger charge is 2.22. The Morgan fingerprint density at radius 1 is 1.05 bits per heavy atom. The molecule has 4 heterocycles. The Kier molecular flexibility index (Phi) is 7.12. The van der Waals surface area contributed by atoms with E-state index in [4.69, 9.17) is 0 Å². The molecule has 5 rings (SSSR count). The highest BCUT2D eigenvalue weighted by atomic mass is 19.1. The summed E-state index contributed by atoms with van der Waals surface area (Å²) in [5.74, 6) is 1.08. The van der Waals surface area contributed by atoms with Gasteiger partial charge in [0.15, 0.2) is 5.82 Å². The van der Waals surface area contributed by atoms with Gasteiger partial charge < -0.3 is 15.2 Å². The fourth-order valence-electron chi connectivity index (χ4n) is 5.19. The van der Waals surface area contributed by atoms with E-state index in [-0.39, 0.29) is 17.1 Å². The minimum Gasteiger partial charge on any atom is -0.326 e. The number of fused-ring (bicyclic) bond motifs is 1. The number of hydrogen-bond acceptors (Lipinski definition) is 7. The number of nitrogens with zero attached hydrogens (tertiary/aromatic N) is 6. The molecule has 0 spiro atoms. The molecule has 0 amide bonds. The lowest BCUT2D eigenvalue weighted by Crippen LogP contribution is -2.24. The molecule has 2 N–H and O–H groups in total. The fraction of sp³-hybridized carbons (Fsp3) is 0.407. The van der Waals surface area contributed by atoms with Gasteiger partial charge in [-0.15, -0.1) is 0 Å². The van der Waals surface area contributed by atoms with Gasteiger partial charge in [-0.05, 0) is 77.0 Å². The minimum atomic E-state index is -0.546. The monoisotopic (exact) mass is 506 g/mol. The Labute approximate surface area is 215 Å². The van der Waals surface area contributed by atoms with E-state index in [1.807, 2.05) is 32.4 Å². The number of aromatic nitrogens is 5. The maximum Gasteiger partial charge on any atom is 0.228 e. The zero-order chi connectivity index (χ0) is 26.1. The van der Waals surface area contributed by atoms with Crippen LogP contribution < -0.4 is 10.6 Å². The first-order valence-corrected chi connectivity index (χ1v) is 12.6. The van der Waals surface area contributed by atoms with Crippen molar-refractivity contribution in [3.8, 4) is 11.1 Å². The Morgan fingerprint density at radius 2 is 1.84 bits per heavy atom. The molecule has 0 bridgehead atoms. The standard InChI is InChI=1S/C27H32F2N8/c1-16(2)37-17(3)34-26-22(28)7-20(8-24(26)37)21-9-25(31-13-23(21)29)35-27-32-11-19(12-33-27)15-36-6-5-18(14-36)10-30-4/h7-9,11-13,16,18,30H,5-6,10,14-15H2,1-4H3,(H,31,32,33,35)/t18-/m1/s1. The third-order valence-electron chi connectivity index (χ3n) is 6.82. The second-order valence-corrected chi connectivity index (χ2v) is 9.99. The van der Waals surface area contributed by atoms with Crippen LogP contribution in [0.15, 0.2) is 36.8 Å². The van der Waals surface area contributed by atoms with Crippen molar-refractivity contribution in [3.05, 3.63) is 59.8 Å². The van der Waals surface area contributed by atoms with Gasteiger partial charge in [0.1, 0.15) is 23.0 Å². The van der Waals surface area contributed by atoms with Crippen molar-refractivity contribution in [1.29, 1.82) is 0 Å². The molecule has 0 radical (unpaired) electrons. The van der Waals surface area contributed by atoms with E-state index in [2.05, 4.69) is 35.5 Å². The molecule has 10 heteroatoms. The molecule has 8 nitrogen and oxygen atoms in total. The Balaban J connectivity index is 1.35. The number of benzene rings is 1. The molecule has 4 aromatic rings. The maximum absolute atomic E-state index is 15.0. The third-order valence-corrected chi connectivity index (χ3v) is 6.82. The lowest BCUT2D eigenvalue weighted by atomic mass is 10.0. The van der Waals surface area contributed by atoms with E-state index in [1.165, 1.54) is 12.5 Å². The van der Waals surface area contributed by atoms with Crippen molar-refractivity contribution in [2.75, 3.05) is 32.0 Å². The number of hydrogen-bond donors (Lipinski definition) is 2. The van der Waals surface area contributed by atoms with Crippen LogP contribution in [0.4, 0.5) is 20.5 Å². The molecule has 1 aliphatic rings. The lowest BCUT2D eigenvalue weighted by Gasteiger charge is -2.16. The number of pyridine rings is 1. The SMILES string of the molecule is CNC[C@H]1CCN(Cc2cnc(Nc3cc(-c4cc(F)c5nc(C)n(C(C)C)c5c4)c(F)cn3)nc2)C1. The average molecular weight is 507 g/mol.